The number of phenols is 1. The van der Waals surface area contributed by atoms with Crippen molar-refractivity contribution in [2.24, 2.45) is 11.3 Å². The molecule has 4 N–H and O–H groups in total. The number of ketones is 1. The zero-order chi connectivity index (χ0) is 52.0. The lowest BCUT2D eigenvalue weighted by Crippen LogP contribution is -3.00. The molecule has 0 radical (unpaired) electrons. The maximum atomic E-state index is 15.8. The maximum absolute atomic E-state index is 15.8. The van der Waals surface area contributed by atoms with Crippen LogP contribution in [-0.2, 0) is 50.6 Å². The van der Waals surface area contributed by atoms with Crippen molar-refractivity contribution in [2.75, 3.05) is 79.7 Å². The van der Waals surface area contributed by atoms with Crippen LogP contribution in [0, 0.1) is 11.3 Å². The number of aromatic amines is 1. The van der Waals surface area contributed by atoms with E-state index in [-0.39, 0.29) is 57.9 Å². The summed E-state index contributed by atoms with van der Waals surface area (Å²) in [5.41, 5.74) is -2.17. The van der Waals surface area contributed by atoms with Crippen LogP contribution in [0.1, 0.15) is 80.8 Å². The summed E-state index contributed by atoms with van der Waals surface area (Å²) in [7, 11) is 7.50. The number of H-pyrrole nitrogens is 1. The number of aromatic nitrogens is 1. The molecule has 5 aliphatic heterocycles. The lowest BCUT2D eigenvalue weighted by atomic mass is 9.47. The van der Waals surface area contributed by atoms with E-state index >= 15 is 4.79 Å². The zero-order valence-corrected chi connectivity index (χ0v) is 45.1. The molecule has 0 amide bonds. The molecule has 3 aromatic carbocycles. The van der Waals surface area contributed by atoms with Gasteiger partial charge in [0.05, 0.1) is 47.6 Å². The highest BCUT2D eigenvalue weighted by Crippen LogP contribution is 2.68. The van der Waals surface area contributed by atoms with Crippen molar-refractivity contribution >= 4 is 46.4 Å². The van der Waals surface area contributed by atoms with Gasteiger partial charge in [-0.15, -0.1) is 0 Å². The molecule has 1 saturated carbocycles. The smallest absolute Gasteiger partial charge is 0.344 e. The number of likely N-dealkylation sites (N-methyl/N-ethyl adjacent to an activating group) is 1. The first-order valence-electron chi connectivity index (χ1n) is 25.6. The first-order valence-corrected chi connectivity index (χ1v) is 25.6. The van der Waals surface area contributed by atoms with Crippen LogP contribution in [0.2, 0.25) is 0 Å². The summed E-state index contributed by atoms with van der Waals surface area (Å²) >= 11 is 0. The third-order valence-corrected chi connectivity index (χ3v) is 18.2. The Morgan fingerprint density at radius 2 is 1.65 bits per heavy atom. The third-order valence-electron chi connectivity index (χ3n) is 18.2. The minimum atomic E-state index is -2.37. The molecule has 4 aromatic rings. The Morgan fingerprint density at radius 1 is 0.905 bits per heavy atom. The number of benzene rings is 3. The van der Waals surface area contributed by atoms with E-state index in [4.69, 9.17) is 23.7 Å². The summed E-state index contributed by atoms with van der Waals surface area (Å²) in [5.74, 6) is -1.91. The van der Waals surface area contributed by atoms with Gasteiger partial charge in [-0.1, -0.05) is 56.3 Å². The topological polar surface area (TPSA) is 197 Å². The first-order chi connectivity index (χ1) is 34.9. The van der Waals surface area contributed by atoms with Crippen molar-refractivity contribution in [3.63, 3.8) is 0 Å². The molecule has 2 saturated heterocycles. The van der Waals surface area contributed by atoms with E-state index in [1.54, 1.807) is 31.4 Å². The molecule has 2 bridgehead atoms. The van der Waals surface area contributed by atoms with Crippen molar-refractivity contribution in [1.82, 2.24) is 9.88 Å². The number of carbonyl (C=O) groups is 4. The van der Waals surface area contributed by atoms with Crippen LogP contribution in [0.3, 0.4) is 0 Å². The van der Waals surface area contributed by atoms with Crippen LogP contribution in [0.4, 0.5) is 5.69 Å². The van der Waals surface area contributed by atoms with Gasteiger partial charge < -0.3 is 70.4 Å². The quantitative estimate of drug-likeness (QED) is 0.0531. The summed E-state index contributed by atoms with van der Waals surface area (Å²) in [6.45, 7) is 7.83. The molecule has 10 atom stereocenters. The number of hydrogen-bond donors (Lipinski definition) is 4. The molecule has 1 aliphatic carbocycles. The van der Waals surface area contributed by atoms with Gasteiger partial charge in [0.25, 0.3) is 0 Å². The van der Waals surface area contributed by atoms with E-state index in [0.717, 1.165) is 22.0 Å². The molecule has 10 rings (SSSR count). The van der Waals surface area contributed by atoms with Crippen LogP contribution in [0.15, 0.2) is 72.8 Å². The Morgan fingerprint density at radius 3 is 2.34 bits per heavy atom. The molecule has 1 aromatic heterocycles. The second kappa shape index (κ2) is 19.1. The molecule has 16 nitrogen and oxygen atoms in total. The average Bonchev–Trinajstić information content (AvgIpc) is 4.04. The predicted molar refractivity (Wildman–Crippen MR) is 272 cm³/mol. The van der Waals surface area contributed by atoms with E-state index in [0.29, 0.717) is 98.8 Å². The molecule has 17 heteroatoms. The Kier molecular flexibility index (Phi) is 13.7. The molecule has 0 unspecified atom stereocenters. The SMILES string of the molecule is CC[C@]1(O)C[C@@H]2C[C@](C(=O)OC)(c3cc4c(cc3OC)N(C)[C@H]3[C@@](O)(C(=O)OC)[C@H](OC(C)=O)[C@]5(CC)C=CCN6CC[C@]43[C@@H]65)c3[nH]c4ccccc4c3CC[N@+](CC(=O)/C=C/c3ccc(O)c(OC)c3)(C2)C1.[Br-]. The van der Waals surface area contributed by atoms with Crippen LogP contribution in [0.25, 0.3) is 17.0 Å². The maximum Gasteiger partial charge on any atom is 0.344 e. The highest BCUT2D eigenvalue weighted by Gasteiger charge is 2.80. The lowest BCUT2D eigenvalue weighted by molar-refractivity contribution is -0.935. The number of rotatable bonds is 12. The second-order valence-corrected chi connectivity index (χ2v) is 21.8. The molecular formula is C57H69BrN4O12. The van der Waals surface area contributed by atoms with Gasteiger partial charge in [-0.2, -0.15) is 0 Å². The van der Waals surface area contributed by atoms with Gasteiger partial charge >= 0.3 is 17.9 Å². The van der Waals surface area contributed by atoms with E-state index in [1.807, 2.05) is 68.3 Å². The number of nitrogens with zero attached hydrogens (tertiary/aromatic N) is 3. The highest BCUT2D eigenvalue weighted by atomic mass is 79.9. The number of piperidine rings is 1. The number of fused-ring (bicyclic) bond motifs is 6. The molecule has 396 valence electrons. The van der Waals surface area contributed by atoms with Gasteiger partial charge in [0.2, 0.25) is 11.4 Å². The molecule has 1 spiro atoms. The van der Waals surface area contributed by atoms with Gasteiger partial charge in [-0.3, -0.25) is 19.3 Å². The van der Waals surface area contributed by atoms with Crippen LogP contribution in [-0.4, -0.2) is 158 Å². The standard InChI is InChI=1S/C57H68N4O12.BrH/c1-9-53(67)29-36-30-56(51(65)71-7,47-39(38-14-11-12-15-42(38)58-47)20-25-61(31-36,33-53)32-37(63)18-16-35-17-19-44(64)46(26-35)70-6)41-27-40-43(28-45(41)69-5)59(4)49-55(40)22-24-60-23-13-21-54(10-2,48(55)60)50(73-34(3)62)57(49,68)52(66)72-8;/h11-19,21,26-28,36,48-50,58,67-68H,9-10,20,22-25,29-33H2,1-8H3;1H/t36-,48+,49-,50-,53+,54-,55-,56+,57+,61-;/m1./s1. The number of hydrogen-bond acceptors (Lipinski definition) is 14. The van der Waals surface area contributed by atoms with Crippen LogP contribution < -0.4 is 31.4 Å². The largest absolute Gasteiger partial charge is 1.00 e. The molecular weight excluding hydrogens is 1010 g/mol. The summed E-state index contributed by atoms with van der Waals surface area (Å²) in [4.78, 5) is 66.0. The number of phenolic OH excluding ortho intramolecular Hbond substituents is 1. The minimum absolute atomic E-state index is 0. The number of methoxy groups -OCH3 is 4. The zero-order valence-electron chi connectivity index (χ0n) is 43.5. The Balaban J connectivity index is 0.00000672. The van der Waals surface area contributed by atoms with Crippen LogP contribution >= 0.6 is 0 Å². The Hall–Kier alpha value is -5.72. The molecule has 74 heavy (non-hydrogen) atoms. The Labute approximate surface area is 442 Å². The fraction of sp³-hybridized carbons (Fsp3) is 0.509. The number of anilines is 1. The number of para-hydroxylation sites is 1. The normalized spacial score (nSPS) is 32.7. The fourth-order valence-corrected chi connectivity index (χ4v) is 15.5. The summed E-state index contributed by atoms with van der Waals surface area (Å²) in [6.07, 6.45) is 8.29. The average molecular weight is 1080 g/mol. The number of quaternary nitrogens is 1. The first kappa shape index (κ1) is 53.1. The lowest BCUT2D eigenvalue weighted by Gasteiger charge is -2.63. The van der Waals surface area contributed by atoms with E-state index < -0.39 is 57.5 Å². The summed E-state index contributed by atoms with van der Waals surface area (Å²) < 4.78 is 29.8. The highest BCUT2D eigenvalue weighted by molar-refractivity contribution is 5.96. The van der Waals surface area contributed by atoms with Gasteiger partial charge in [0.1, 0.15) is 29.9 Å². The van der Waals surface area contributed by atoms with E-state index in [2.05, 4.69) is 16.0 Å². The van der Waals surface area contributed by atoms with E-state index in [1.165, 1.54) is 34.3 Å². The van der Waals surface area contributed by atoms with Gasteiger partial charge in [0, 0.05) is 83.6 Å². The van der Waals surface area contributed by atoms with Crippen molar-refractivity contribution in [3.05, 3.63) is 101 Å². The molecule has 6 heterocycles. The summed E-state index contributed by atoms with van der Waals surface area (Å²) in [5, 5.41) is 37.3. The van der Waals surface area contributed by atoms with Crippen molar-refractivity contribution in [1.29, 1.82) is 0 Å². The molecule has 6 aliphatic rings. The number of carbonyl (C=O) groups excluding carboxylic acids is 4. The van der Waals surface area contributed by atoms with Gasteiger partial charge in [0.15, 0.2) is 17.6 Å². The van der Waals surface area contributed by atoms with Crippen molar-refractivity contribution in [2.45, 2.75) is 99.5 Å². The number of nitrogens with one attached hydrogen (secondary N) is 1. The Bertz CT molecular complexity index is 2980. The molecule has 3 fully saturated rings. The predicted octanol–water partition coefficient (Wildman–Crippen LogP) is 2.51. The van der Waals surface area contributed by atoms with Gasteiger partial charge in [-0.25, -0.2) is 4.79 Å². The third kappa shape index (κ3) is 7.64. The van der Waals surface area contributed by atoms with Gasteiger partial charge in [-0.05, 0) is 85.7 Å². The van der Waals surface area contributed by atoms with E-state index in [9.17, 15) is 29.7 Å². The minimum Gasteiger partial charge on any atom is -1.00 e. The number of aromatic hydroxyl groups is 1. The number of ether oxygens (including phenoxy) is 5. The second-order valence-electron chi connectivity index (χ2n) is 21.8. The summed E-state index contributed by atoms with van der Waals surface area (Å²) in [6, 6.07) is 15.4. The van der Waals surface area contributed by atoms with Crippen molar-refractivity contribution in [3.8, 4) is 17.2 Å². The van der Waals surface area contributed by atoms with Crippen LogP contribution in [0.5, 0.6) is 17.2 Å². The number of halogens is 1. The fourth-order valence-electron chi connectivity index (χ4n) is 15.5. The number of aliphatic hydroxyl groups is 2. The number of esters is 3. The monoisotopic (exact) mass is 1080 g/mol. The van der Waals surface area contributed by atoms with Crippen molar-refractivity contribution < 1.29 is 79.6 Å².